The zero-order valence-corrected chi connectivity index (χ0v) is 12.5. The second-order valence-corrected chi connectivity index (χ2v) is 5.13. The predicted molar refractivity (Wildman–Crippen MR) is 86.5 cm³/mol. The average Bonchev–Trinajstić information content (AvgIpc) is 2.99. The van der Waals surface area contributed by atoms with Gasteiger partial charge in [0.05, 0.1) is 5.69 Å². The molecule has 0 atom stereocenters. The molecular weight excluding hydrogens is 276 g/mol. The monoisotopic (exact) mass is 292 g/mol. The van der Waals surface area contributed by atoms with Gasteiger partial charge in [-0.05, 0) is 24.3 Å². The Kier molecular flexibility index (Phi) is 3.70. The summed E-state index contributed by atoms with van der Waals surface area (Å²) < 4.78 is 1.69. The molecule has 1 aromatic heterocycles. The molecule has 0 bridgehead atoms. The topological polar surface area (TPSA) is 51.0 Å². The number of benzene rings is 2. The van der Waals surface area contributed by atoms with Crippen LogP contribution in [0.3, 0.4) is 0 Å². The van der Waals surface area contributed by atoms with Gasteiger partial charge >= 0.3 is 0 Å². The van der Waals surface area contributed by atoms with Crippen molar-refractivity contribution in [3.05, 3.63) is 60.3 Å². The van der Waals surface area contributed by atoms with Crippen molar-refractivity contribution in [1.82, 2.24) is 15.0 Å². The van der Waals surface area contributed by atoms with E-state index in [9.17, 15) is 4.79 Å². The SMILES string of the molecule is CN(C)c1ccc(-n2nnc(C=O)c2-c2ccccc2)cc1. The molecule has 0 amide bonds. The van der Waals surface area contributed by atoms with Gasteiger partial charge in [-0.15, -0.1) is 5.10 Å². The number of carbonyl (C=O) groups is 1. The van der Waals surface area contributed by atoms with Crippen LogP contribution in [-0.4, -0.2) is 35.4 Å². The summed E-state index contributed by atoms with van der Waals surface area (Å²) in [5.41, 5.74) is 3.91. The van der Waals surface area contributed by atoms with Gasteiger partial charge in [-0.2, -0.15) is 0 Å². The molecule has 0 spiro atoms. The van der Waals surface area contributed by atoms with Crippen LogP contribution in [0.25, 0.3) is 16.9 Å². The Balaban J connectivity index is 2.12. The van der Waals surface area contributed by atoms with E-state index < -0.39 is 0 Å². The van der Waals surface area contributed by atoms with Gasteiger partial charge in [0, 0.05) is 25.3 Å². The maximum atomic E-state index is 11.3. The summed E-state index contributed by atoms with van der Waals surface area (Å²) in [4.78, 5) is 13.3. The largest absolute Gasteiger partial charge is 0.378 e. The second-order valence-electron chi connectivity index (χ2n) is 5.13. The van der Waals surface area contributed by atoms with Crippen molar-refractivity contribution in [2.24, 2.45) is 0 Å². The van der Waals surface area contributed by atoms with Crippen LogP contribution in [-0.2, 0) is 0 Å². The van der Waals surface area contributed by atoms with E-state index in [2.05, 4.69) is 10.3 Å². The summed E-state index contributed by atoms with van der Waals surface area (Å²) in [5, 5.41) is 8.11. The molecule has 0 aliphatic rings. The first-order valence-electron chi connectivity index (χ1n) is 6.95. The lowest BCUT2D eigenvalue weighted by Crippen LogP contribution is -2.08. The van der Waals surface area contributed by atoms with Crippen molar-refractivity contribution in [2.45, 2.75) is 0 Å². The highest BCUT2D eigenvalue weighted by Gasteiger charge is 2.15. The van der Waals surface area contributed by atoms with E-state index in [1.54, 1.807) is 4.68 Å². The number of hydrogen-bond acceptors (Lipinski definition) is 4. The minimum atomic E-state index is 0.336. The van der Waals surface area contributed by atoms with E-state index in [0.29, 0.717) is 11.4 Å². The Morgan fingerprint density at radius 3 is 2.27 bits per heavy atom. The van der Waals surface area contributed by atoms with E-state index in [1.165, 1.54) is 0 Å². The molecule has 3 aromatic rings. The molecule has 2 aromatic carbocycles. The molecule has 1 heterocycles. The van der Waals surface area contributed by atoms with E-state index in [4.69, 9.17) is 0 Å². The Hall–Kier alpha value is -2.95. The summed E-state index contributed by atoms with van der Waals surface area (Å²) in [5.74, 6) is 0. The molecule has 110 valence electrons. The van der Waals surface area contributed by atoms with E-state index in [-0.39, 0.29) is 0 Å². The molecule has 0 N–H and O–H groups in total. The highest BCUT2D eigenvalue weighted by molar-refractivity contribution is 5.84. The minimum absolute atomic E-state index is 0.336. The highest BCUT2D eigenvalue weighted by Crippen LogP contribution is 2.25. The minimum Gasteiger partial charge on any atom is -0.378 e. The van der Waals surface area contributed by atoms with Crippen molar-refractivity contribution in [3.8, 4) is 16.9 Å². The lowest BCUT2D eigenvalue weighted by Gasteiger charge is -2.13. The molecule has 22 heavy (non-hydrogen) atoms. The first-order valence-corrected chi connectivity index (χ1v) is 6.95. The Labute approximate surface area is 128 Å². The second kappa shape index (κ2) is 5.81. The van der Waals surface area contributed by atoms with Gasteiger partial charge in [-0.25, -0.2) is 4.68 Å². The maximum Gasteiger partial charge on any atom is 0.172 e. The third-order valence-corrected chi connectivity index (χ3v) is 3.47. The smallest absolute Gasteiger partial charge is 0.172 e. The first-order chi connectivity index (χ1) is 10.7. The highest BCUT2D eigenvalue weighted by atomic mass is 16.1. The van der Waals surface area contributed by atoms with Crippen LogP contribution in [0.5, 0.6) is 0 Å². The van der Waals surface area contributed by atoms with Crippen molar-refractivity contribution >= 4 is 12.0 Å². The molecule has 0 aliphatic heterocycles. The van der Waals surface area contributed by atoms with Crippen LogP contribution in [0.2, 0.25) is 0 Å². The van der Waals surface area contributed by atoms with Crippen molar-refractivity contribution < 1.29 is 4.79 Å². The zero-order chi connectivity index (χ0) is 15.5. The van der Waals surface area contributed by atoms with Crippen LogP contribution in [0.15, 0.2) is 54.6 Å². The van der Waals surface area contributed by atoms with Crippen molar-refractivity contribution in [3.63, 3.8) is 0 Å². The number of carbonyl (C=O) groups excluding carboxylic acids is 1. The molecule has 0 saturated carbocycles. The summed E-state index contributed by atoms with van der Waals surface area (Å²) in [6.45, 7) is 0. The molecule has 0 radical (unpaired) electrons. The summed E-state index contributed by atoms with van der Waals surface area (Å²) in [7, 11) is 3.98. The van der Waals surface area contributed by atoms with Gasteiger partial charge in [-0.1, -0.05) is 35.5 Å². The maximum absolute atomic E-state index is 11.3. The predicted octanol–water partition coefficient (Wildman–Crippen LogP) is 2.81. The van der Waals surface area contributed by atoms with Crippen LogP contribution >= 0.6 is 0 Å². The van der Waals surface area contributed by atoms with Crippen molar-refractivity contribution in [2.75, 3.05) is 19.0 Å². The molecule has 0 fully saturated rings. The fourth-order valence-corrected chi connectivity index (χ4v) is 2.31. The van der Waals surface area contributed by atoms with Gasteiger partial charge in [0.2, 0.25) is 0 Å². The zero-order valence-electron chi connectivity index (χ0n) is 12.5. The Morgan fingerprint density at radius 2 is 1.68 bits per heavy atom. The molecule has 5 nitrogen and oxygen atoms in total. The van der Waals surface area contributed by atoms with E-state index >= 15 is 0 Å². The lowest BCUT2D eigenvalue weighted by molar-refractivity contribution is 0.111. The van der Waals surface area contributed by atoms with Crippen LogP contribution in [0, 0.1) is 0 Å². The van der Waals surface area contributed by atoms with Gasteiger partial charge in [0.25, 0.3) is 0 Å². The first kappa shape index (κ1) is 14.0. The quantitative estimate of drug-likeness (QED) is 0.694. The van der Waals surface area contributed by atoms with Crippen LogP contribution in [0.4, 0.5) is 5.69 Å². The molecule has 0 saturated heterocycles. The number of aldehydes is 1. The molecule has 3 rings (SSSR count). The van der Waals surface area contributed by atoms with Crippen LogP contribution < -0.4 is 4.90 Å². The molecule has 0 unspecified atom stereocenters. The summed E-state index contributed by atoms with van der Waals surface area (Å²) >= 11 is 0. The number of nitrogens with zero attached hydrogens (tertiary/aromatic N) is 4. The van der Waals surface area contributed by atoms with E-state index in [0.717, 1.165) is 23.2 Å². The Morgan fingerprint density at radius 1 is 1.00 bits per heavy atom. The lowest BCUT2D eigenvalue weighted by atomic mass is 10.1. The number of aromatic nitrogens is 3. The van der Waals surface area contributed by atoms with Gasteiger partial charge < -0.3 is 4.90 Å². The number of hydrogen-bond donors (Lipinski definition) is 0. The normalized spacial score (nSPS) is 10.5. The molecular formula is C17H16N4O. The average molecular weight is 292 g/mol. The number of rotatable bonds is 4. The van der Waals surface area contributed by atoms with Gasteiger partial charge in [0.1, 0.15) is 5.69 Å². The third kappa shape index (κ3) is 2.48. The van der Waals surface area contributed by atoms with Gasteiger partial charge in [0.15, 0.2) is 12.0 Å². The summed E-state index contributed by atoms with van der Waals surface area (Å²) in [6, 6.07) is 17.6. The fraction of sp³-hybridized carbons (Fsp3) is 0.118. The fourth-order valence-electron chi connectivity index (χ4n) is 2.31. The third-order valence-electron chi connectivity index (χ3n) is 3.47. The van der Waals surface area contributed by atoms with Crippen molar-refractivity contribution in [1.29, 1.82) is 0 Å². The molecule has 5 heteroatoms. The Bertz CT molecular complexity index is 776. The number of anilines is 1. The van der Waals surface area contributed by atoms with Gasteiger partial charge in [-0.3, -0.25) is 4.79 Å². The standard InChI is InChI=1S/C17H16N4O/c1-20(2)14-8-10-15(11-9-14)21-17(16(12-22)18-19-21)13-6-4-3-5-7-13/h3-12H,1-2H3. The van der Waals surface area contributed by atoms with E-state index in [1.807, 2.05) is 73.6 Å². The summed E-state index contributed by atoms with van der Waals surface area (Å²) in [6.07, 6.45) is 0.736. The molecule has 0 aliphatic carbocycles. The van der Waals surface area contributed by atoms with Crippen LogP contribution in [0.1, 0.15) is 10.5 Å².